The van der Waals surface area contributed by atoms with E-state index in [9.17, 15) is 19.7 Å². The molecule has 8 nitrogen and oxygen atoms in total. The molecule has 1 saturated heterocycles. The van der Waals surface area contributed by atoms with Gasteiger partial charge in [-0.05, 0) is 42.0 Å². The fraction of sp³-hybridized carbons (Fsp3) is 0.385. The van der Waals surface area contributed by atoms with E-state index in [4.69, 9.17) is 0 Å². The molecule has 184 valence electrons. The van der Waals surface area contributed by atoms with Crippen molar-refractivity contribution < 1.29 is 14.5 Å². The Morgan fingerprint density at radius 2 is 1.94 bits per heavy atom. The number of carbonyl (C=O) groups excluding carboxylic acids is 2. The van der Waals surface area contributed by atoms with Crippen LogP contribution in [0, 0.1) is 10.1 Å². The minimum atomic E-state index is -0.633. The van der Waals surface area contributed by atoms with Crippen LogP contribution in [-0.4, -0.2) is 53.4 Å². The summed E-state index contributed by atoms with van der Waals surface area (Å²) in [5.74, 6) is -0.289. The first-order valence-corrected chi connectivity index (χ1v) is 12.6. The van der Waals surface area contributed by atoms with Gasteiger partial charge in [-0.2, -0.15) is 0 Å². The van der Waals surface area contributed by atoms with Crippen LogP contribution in [0.15, 0.2) is 58.8 Å². The highest BCUT2D eigenvalue weighted by Crippen LogP contribution is 2.39. The summed E-state index contributed by atoms with van der Waals surface area (Å²) < 4.78 is 0. The largest absolute Gasteiger partial charge is 0.352 e. The SMILES string of the molecule is C=C(C(=O)N1CCNCC1C(=O)NC1CC1)c1ccc(Sc2ccccc2C(C)C)c([N+](=O)[O-])c1. The van der Waals surface area contributed by atoms with Gasteiger partial charge in [0.05, 0.1) is 9.82 Å². The molecule has 1 unspecified atom stereocenters. The first-order valence-electron chi connectivity index (χ1n) is 11.8. The monoisotopic (exact) mass is 494 g/mol. The lowest BCUT2D eigenvalue weighted by Crippen LogP contribution is -2.59. The lowest BCUT2D eigenvalue weighted by Gasteiger charge is -2.35. The van der Waals surface area contributed by atoms with Crippen LogP contribution in [0.5, 0.6) is 0 Å². The number of nitrogens with one attached hydrogen (secondary N) is 2. The lowest BCUT2D eigenvalue weighted by atomic mass is 10.0. The molecule has 2 N–H and O–H groups in total. The van der Waals surface area contributed by atoms with E-state index in [0.29, 0.717) is 30.1 Å². The third kappa shape index (κ3) is 5.74. The molecule has 1 heterocycles. The number of benzene rings is 2. The summed E-state index contributed by atoms with van der Waals surface area (Å²) in [5.41, 5.74) is 1.55. The van der Waals surface area contributed by atoms with Crippen LogP contribution in [-0.2, 0) is 9.59 Å². The third-order valence-corrected chi connectivity index (χ3v) is 7.41. The van der Waals surface area contributed by atoms with Crippen molar-refractivity contribution in [3.8, 4) is 0 Å². The minimum absolute atomic E-state index is 0.0802. The Kier molecular flexibility index (Phi) is 7.57. The highest BCUT2D eigenvalue weighted by molar-refractivity contribution is 7.99. The van der Waals surface area contributed by atoms with E-state index in [0.717, 1.165) is 23.3 Å². The standard InChI is InChI=1S/C26H30N4O4S/c1-16(2)20-6-4-5-7-23(20)35-24-11-8-18(14-21(24)30(33)34)17(3)26(32)29-13-12-27-15-22(29)25(31)28-19-9-10-19/h4-8,11,14,16,19,22,27H,3,9-10,12-13,15H2,1-2H3,(H,28,31). The Morgan fingerprint density at radius 3 is 2.63 bits per heavy atom. The van der Waals surface area contributed by atoms with Gasteiger partial charge in [0.15, 0.2) is 0 Å². The molecule has 2 amide bonds. The second-order valence-electron chi connectivity index (χ2n) is 9.21. The zero-order valence-corrected chi connectivity index (χ0v) is 20.8. The number of piperazine rings is 1. The number of carbonyl (C=O) groups is 2. The summed E-state index contributed by atoms with van der Waals surface area (Å²) in [7, 11) is 0. The van der Waals surface area contributed by atoms with Crippen molar-refractivity contribution in [1.82, 2.24) is 15.5 Å². The molecule has 4 rings (SSSR count). The van der Waals surface area contributed by atoms with Gasteiger partial charge in [-0.1, -0.05) is 56.5 Å². The second kappa shape index (κ2) is 10.6. The van der Waals surface area contributed by atoms with Crippen molar-refractivity contribution in [2.24, 2.45) is 0 Å². The third-order valence-electron chi connectivity index (χ3n) is 6.25. The van der Waals surface area contributed by atoms with Crippen molar-refractivity contribution in [1.29, 1.82) is 0 Å². The number of hydrogen-bond acceptors (Lipinski definition) is 6. The molecule has 1 saturated carbocycles. The smallest absolute Gasteiger partial charge is 0.283 e. The fourth-order valence-corrected chi connectivity index (χ4v) is 5.29. The molecule has 2 fully saturated rings. The average Bonchev–Trinajstić information content (AvgIpc) is 3.67. The number of nitro groups is 1. The molecule has 35 heavy (non-hydrogen) atoms. The summed E-state index contributed by atoms with van der Waals surface area (Å²) in [6.07, 6.45) is 1.92. The van der Waals surface area contributed by atoms with Crippen molar-refractivity contribution >= 4 is 34.8 Å². The van der Waals surface area contributed by atoms with Crippen LogP contribution in [0.1, 0.15) is 43.7 Å². The first-order chi connectivity index (χ1) is 16.8. The van der Waals surface area contributed by atoms with E-state index in [-0.39, 0.29) is 35.0 Å². The summed E-state index contributed by atoms with van der Waals surface area (Å²) in [4.78, 5) is 40.5. The van der Waals surface area contributed by atoms with Gasteiger partial charge >= 0.3 is 0 Å². The molecule has 0 spiro atoms. The predicted octanol–water partition coefficient (Wildman–Crippen LogP) is 3.96. The fourth-order valence-electron chi connectivity index (χ4n) is 4.11. The van der Waals surface area contributed by atoms with Gasteiger partial charge in [0.25, 0.3) is 11.6 Å². The number of amides is 2. The maximum atomic E-state index is 13.3. The van der Waals surface area contributed by atoms with Crippen molar-refractivity contribution in [3.05, 3.63) is 70.3 Å². The maximum Gasteiger partial charge on any atom is 0.283 e. The number of rotatable bonds is 8. The molecule has 2 aromatic carbocycles. The molecule has 0 radical (unpaired) electrons. The Hall–Kier alpha value is -3.17. The lowest BCUT2D eigenvalue weighted by molar-refractivity contribution is -0.387. The predicted molar refractivity (Wildman–Crippen MR) is 136 cm³/mol. The Balaban J connectivity index is 1.57. The van der Waals surface area contributed by atoms with Crippen molar-refractivity contribution in [2.75, 3.05) is 19.6 Å². The normalized spacial score (nSPS) is 17.8. The highest BCUT2D eigenvalue weighted by atomic mass is 32.2. The second-order valence-corrected chi connectivity index (χ2v) is 10.3. The summed E-state index contributed by atoms with van der Waals surface area (Å²) >= 11 is 1.34. The highest BCUT2D eigenvalue weighted by Gasteiger charge is 2.36. The molecule has 0 bridgehead atoms. The Bertz CT molecular complexity index is 1160. The van der Waals surface area contributed by atoms with Gasteiger partial charge < -0.3 is 15.5 Å². The van der Waals surface area contributed by atoms with Gasteiger partial charge in [0.1, 0.15) is 6.04 Å². The van der Waals surface area contributed by atoms with E-state index in [1.165, 1.54) is 22.7 Å². The van der Waals surface area contributed by atoms with Crippen molar-refractivity contribution in [3.63, 3.8) is 0 Å². The Morgan fingerprint density at radius 1 is 1.20 bits per heavy atom. The maximum absolute atomic E-state index is 13.3. The molecule has 9 heteroatoms. The zero-order chi connectivity index (χ0) is 25.1. The van der Waals surface area contributed by atoms with Crippen LogP contribution < -0.4 is 10.6 Å². The Labute approximate surface area is 209 Å². The van der Waals surface area contributed by atoms with Gasteiger partial charge in [0.2, 0.25) is 5.91 Å². The molecule has 2 aliphatic rings. The van der Waals surface area contributed by atoms with E-state index >= 15 is 0 Å². The van der Waals surface area contributed by atoms with Crippen LogP contribution >= 0.6 is 11.8 Å². The topological polar surface area (TPSA) is 105 Å². The zero-order valence-electron chi connectivity index (χ0n) is 20.0. The van der Waals surface area contributed by atoms with Crippen LogP contribution in [0.2, 0.25) is 0 Å². The van der Waals surface area contributed by atoms with Gasteiger partial charge in [0, 0.05) is 42.2 Å². The van der Waals surface area contributed by atoms with Crippen LogP contribution in [0.3, 0.4) is 0 Å². The molecule has 1 aliphatic heterocycles. The summed E-state index contributed by atoms with van der Waals surface area (Å²) in [5, 5.41) is 18.1. The van der Waals surface area contributed by atoms with Crippen LogP contribution in [0.25, 0.3) is 5.57 Å². The quantitative estimate of drug-likeness (QED) is 0.327. The molecular formula is C26H30N4O4S. The summed E-state index contributed by atoms with van der Waals surface area (Å²) in [6, 6.07) is 12.2. The summed E-state index contributed by atoms with van der Waals surface area (Å²) in [6.45, 7) is 9.41. The number of nitrogens with zero attached hydrogens (tertiary/aromatic N) is 2. The molecule has 2 aromatic rings. The van der Waals surface area contributed by atoms with E-state index < -0.39 is 11.0 Å². The minimum Gasteiger partial charge on any atom is -0.352 e. The number of nitro benzene ring substituents is 1. The first kappa shape index (κ1) is 24.9. The molecule has 1 atom stereocenters. The number of hydrogen-bond donors (Lipinski definition) is 2. The molecular weight excluding hydrogens is 464 g/mol. The van der Waals surface area contributed by atoms with Crippen molar-refractivity contribution in [2.45, 2.75) is 54.5 Å². The van der Waals surface area contributed by atoms with Gasteiger partial charge in [-0.3, -0.25) is 19.7 Å². The van der Waals surface area contributed by atoms with Gasteiger partial charge in [-0.25, -0.2) is 0 Å². The van der Waals surface area contributed by atoms with Crippen LogP contribution in [0.4, 0.5) is 5.69 Å². The molecule has 0 aromatic heterocycles. The van der Waals surface area contributed by atoms with E-state index in [1.807, 2.05) is 24.3 Å². The average molecular weight is 495 g/mol. The van der Waals surface area contributed by atoms with Gasteiger partial charge in [-0.15, -0.1) is 0 Å². The van der Waals surface area contributed by atoms with E-state index in [1.54, 1.807) is 12.1 Å². The molecule has 1 aliphatic carbocycles. The van der Waals surface area contributed by atoms with E-state index in [2.05, 4.69) is 31.1 Å².